The summed E-state index contributed by atoms with van der Waals surface area (Å²) < 4.78 is 6.30. The van der Waals surface area contributed by atoms with Gasteiger partial charge in [0.1, 0.15) is 17.9 Å². The normalized spacial score (nSPS) is 16.6. The van der Waals surface area contributed by atoms with E-state index in [1.165, 1.54) is 16.0 Å². The molecule has 1 atom stereocenters. The Morgan fingerprint density at radius 2 is 1.62 bits per heavy atom. The fraction of sp³-hybridized carbons (Fsp3) is 0.310. The smallest absolute Gasteiger partial charge is 0.323 e. The number of carboxylic acids is 1. The first kappa shape index (κ1) is 23.6. The van der Waals surface area contributed by atoms with Crippen LogP contribution in [0.2, 0.25) is 0 Å². The maximum absolute atomic E-state index is 13.3. The third-order valence-electron chi connectivity index (χ3n) is 6.34. The van der Waals surface area contributed by atoms with Crippen LogP contribution in [0.15, 0.2) is 66.7 Å². The van der Waals surface area contributed by atoms with Crippen LogP contribution in [0.1, 0.15) is 52.0 Å². The molecule has 3 aromatic carbocycles. The number of fused-ring (bicyclic) bond motifs is 1. The lowest BCUT2D eigenvalue weighted by Gasteiger charge is -2.24. The number of rotatable bonds is 8. The number of carbonyl (C=O) groups excluding carboxylic acids is 1. The average Bonchev–Trinajstić information content (AvgIpc) is 3.14. The third kappa shape index (κ3) is 5.48. The highest BCUT2D eigenvalue weighted by molar-refractivity contribution is 5.96. The van der Waals surface area contributed by atoms with Crippen LogP contribution in [-0.4, -0.2) is 34.0 Å². The Hall–Kier alpha value is -3.60. The van der Waals surface area contributed by atoms with Crippen LogP contribution in [0, 0.1) is 6.92 Å². The monoisotopic (exact) mass is 457 g/mol. The first-order valence-corrected chi connectivity index (χ1v) is 11.7. The van der Waals surface area contributed by atoms with Crippen molar-refractivity contribution in [3.8, 4) is 5.75 Å². The summed E-state index contributed by atoms with van der Waals surface area (Å²) in [7, 11) is 0. The number of nitrogens with zero attached hydrogens (tertiary/aromatic N) is 1. The fourth-order valence-corrected chi connectivity index (χ4v) is 4.54. The van der Waals surface area contributed by atoms with Gasteiger partial charge in [0.2, 0.25) is 0 Å². The van der Waals surface area contributed by atoms with Crippen LogP contribution in [0.5, 0.6) is 5.75 Å². The molecule has 1 amide bonds. The number of carbonyl (C=O) groups is 2. The van der Waals surface area contributed by atoms with Crippen molar-refractivity contribution in [3.63, 3.8) is 0 Å². The first-order chi connectivity index (χ1) is 16.2. The quantitative estimate of drug-likeness (QED) is 0.504. The van der Waals surface area contributed by atoms with E-state index in [4.69, 9.17) is 4.74 Å². The molecule has 0 aliphatic carbocycles. The number of hydrogen-bond acceptors (Lipinski definition) is 3. The predicted molar refractivity (Wildman–Crippen MR) is 132 cm³/mol. The minimum atomic E-state index is -1.04. The molecule has 4 rings (SSSR count). The van der Waals surface area contributed by atoms with Gasteiger partial charge in [-0.25, -0.2) is 0 Å². The zero-order valence-corrected chi connectivity index (χ0v) is 20.0. The van der Waals surface area contributed by atoms with E-state index in [-0.39, 0.29) is 24.6 Å². The highest BCUT2D eigenvalue weighted by Crippen LogP contribution is 2.37. The Morgan fingerprint density at radius 3 is 2.26 bits per heavy atom. The second-order valence-electron chi connectivity index (χ2n) is 9.44. The Kier molecular flexibility index (Phi) is 6.73. The Morgan fingerprint density at radius 1 is 0.971 bits per heavy atom. The summed E-state index contributed by atoms with van der Waals surface area (Å²) in [6.07, 6.45) is 2.47. The molecule has 1 heterocycles. The zero-order valence-electron chi connectivity index (χ0n) is 20.0. The molecule has 176 valence electrons. The van der Waals surface area contributed by atoms with Crippen molar-refractivity contribution in [1.29, 1.82) is 0 Å². The molecule has 0 aromatic heterocycles. The summed E-state index contributed by atoms with van der Waals surface area (Å²) in [6.45, 7) is 6.11. The molecule has 5 heteroatoms. The summed E-state index contributed by atoms with van der Waals surface area (Å²) in [5.74, 6) is -0.547. The van der Waals surface area contributed by atoms with Crippen molar-refractivity contribution in [2.45, 2.75) is 52.2 Å². The molecule has 34 heavy (non-hydrogen) atoms. The summed E-state index contributed by atoms with van der Waals surface area (Å²) in [4.78, 5) is 26.1. The van der Waals surface area contributed by atoms with Gasteiger partial charge in [0.15, 0.2) is 0 Å². The minimum Gasteiger partial charge on any atom is -0.487 e. The van der Waals surface area contributed by atoms with E-state index < -0.39 is 5.97 Å². The second-order valence-corrected chi connectivity index (χ2v) is 9.44. The molecule has 1 aliphatic rings. The van der Waals surface area contributed by atoms with Crippen molar-refractivity contribution >= 4 is 11.9 Å². The maximum atomic E-state index is 13.3. The van der Waals surface area contributed by atoms with Gasteiger partial charge < -0.3 is 14.7 Å². The van der Waals surface area contributed by atoms with E-state index in [0.717, 1.165) is 35.3 Å². The van der Waals surface area contributed by atoms with Crippen LogP contribution in [0.25, 0.3) is 0 Å². The molecule has 0 unspecified atom stereocenters. The highest BCUT2D eigenvalue weighted by atomic mass is 16.5. The van der Waals surface area contributed by atoms with Gasteiger partial charge in [-0.05, 0) is 60.7 Å². The predicted octanol–water partition coefficient (Wildman–Crippen LogP) is 5.22. The number of benzene rings is 3. The molecule has 0 spiro atoms. The van der Waals surface area contributed by atoms with Crippen LogP contribution in [0.3, 0.4) is 0 Å². The van der Waals surface area contributed by atoms with Gasteiger partial charge in [0, 0.05) is 24.9 Å². The Bertz CT molecular complexity index is 1180. The van der Waals surface area contributed by atoms with Crippen LogP contribution >= 0.6 is 0 Å². The van der Waals surface area contributed by atoms with E-state index in [1.54, 1.807) is 6.07 Å². The van der Waals surface area contributed by atoms with Crippen molar-refractivity contribution in [2.24, 2.45) is 0 Å². The van der Waals surface area contributed by atoms with Gasteiger partial charge in [-0.1, -0.05) is 61.0 Å². The molecule has 5 nitrogen and oxygen atoms in total. The van der Waals surface area contributed by atoms with Gasteiger partial charge in [-0.2, -0.15) is 0 Å². The van der Waals surface area contributed by atoms with Crippen molar-refractivity contribution in [3.05, 3.63) is 100 Å². The van der Waals surface area contributed by atoms with Gasteiger partial charge in [0.05, 0.1) is 0 Å². The molecule has 0 radical (unpaired) electrons. The largest absolute Gasteiger partial charge is 0.487 e. The number of aryl methyl sites for hydroxylation is 2. The van der Waals surface area contributed by atoms with Gasteiger partial charge in [-0.3, -0.25) is 9.59 Å². The van der Waals surface area contributed by atoms with Crippen LogP contribution in [-0.2, 0) is 30.6 Å². The van der Waals surface area contributed by atoms with E-state index in [2.05, 4.69) is 38.1 Å². The number of amides is 1. The second kappa shape index (κ2) is 9.72. The summed E-state index contributed by atoms with van der Waals surface area (Å²) >= 11 is 0. The molecule has 0 fully saturated rings. The van der Waals surface area contributed by atoms with Crippen LogP contribution in [0.4, 0.5) is 0 Å². The molecule has 3 aromatic rings. The number of aliphatic carboxylic acids is 1. The zero-order chi connectivity index (χ0) is 24.3. The van der Waals surface area contributed by atoms with Gasteiger partial charge in [-0.15, -0.1) is 0 Å². The van der Waals surface area contributed by atoms with E-state index >= 15 is 0 Å². The average molecular weight is 458 g/mol. The Balaban J connectivity index is 1.51. The molecular weight excluding hydrogens is 426 g/mol. The highest BCUT2D eigenvalue weighted by Gasteiger charge is 2.35. The van der Waals surface area contributed by atoms with E-state index in [0.29, 0.717) is 12.0 Å². The van der Waals surface area contributed by atoms with E-state index in [1.807, 2.05) is 43.3 Å². The van der Waals surface area contributed by atoms with Gasteiger partial charge in [0.25, 0.3) is 5.91 Å². The van der Waals surface area contributed by atoms with Crippen molar-refractivity contribution in [2.75, 3.05) is 6.54 Å². The third-order valence-corrected chi connectivity index (χ3v) is 6.34. The Labute approximate surface area is 201 Å². The lowest BCUT2D eigenvalue weighted by atomic mass is 9.91. The number of hydrogen-bond donors (Lipinski definition) is 1. The lowest BCUT2D eigenvalue weighted by Crippen LogP contribution is -2.35. The van der Waals surface area contributed by atoms with Crippen molar-refractivity contribution in [1.82, 2.24) is 4.90 Å². The molecule has 1 aliphatic heterocycles. The molecule has 1 N–H and O–H groups in total. The van der Waals surface area contributed by atoms with Crippen LogP contribution < -0.4 is 4.74 Å². The lowest BCUT2D eigenvalue weighted by molar-refractivity contribution is -0.137. The number of carboxylic acid groups (broad SMARTS) is 1. The summed E-state index contributed by atoms with van der Waals surface area (Å²) in [5.41, 5.74) is 5.60. The molecule has 0 bridgehead atoms. The summed E-state index contributed by atoms with van der Waals surface area (Å²) in [6, 6.07) is 21.8. The fourth-order valence-electron chi connectivity index (χ4n) is 4.54. The minimum absolute atomic E-state index is 0.241. The molecular formula is C29H31NO4. The van der Waals surface area contributed by atoms with Crippen molar-refractivity contribution < 1.29 is 19.4 Å². The SMILES string of the molecule is CCc1ccc(C[C@@]2(C)Cc3cc(C(=O)N(CC(=O)O)Cc4ccc(C)cc4)ccc3O2)cc1. The standard InChI is InChI=1S/C29H31NO4/c1-4-21-9-11-22(12-10-21)16-29(3)17-25-15-24(13-14-26(25)34-29)28(33)30(19-27(31)32)18-23-7-5-20(2)6-8-23/h5-15H,4,16-19H2,1-3H3,(H,31,32)/t29-/m0/s1. The molecule has 0 saturated carbocycles. The molecule has 0 saturated heterocycles. The van der Waals surface area contributed by atoms with Gasteiger partial charge >= 0.3 is 5.97 Å². The first-order valence-electron chi connectivity index (χ1n) is 11.7. The van der Waals surface area contributed by atoms with E-state index in [9.17, 15) is 14.7 Å². The summed E-state index contributed by atoms with van der Waals surface area (Å²) in [5, 5.41) is 9.38. The topological polar surface area (TPSA) is 66.8 Å². The maximum Gasteiger partial charge on any atom is 0.323 e. The number of ether oxygens (including phenoxy) is 1.